The van der Waals surface area contributed by atoms with Gasteiger partial charge in [0.15, 0.2) is 0 Å². The van der Waals surface area contributed by atoms with E-state index in [4.69, 9.17) is 9.47 Å². The van der Waals surface area contributed by atoms with E-state index in [1.165, 1.54) is 19.2 Å². The van der Waals surface area contributed by atoms with Gasteiger partial charge in [-0.05, 0) is 42.3 Å². The van der Waals surface area contributed by atoms with Gasteiger partial charge in [0.05, 0.1) is 24.5 Å². The third-order valence-electron chi connectivity index (χ3n) is 5.54. The first-order valence-corrected chi connectivity index (χ1v) is 12.1. The molecule has 1 N–H and O–H groups in total. The highest BCUT2D eigenvalue weighted by Gasteiger charge is 2.48. The average Bonchev–Trinajstić information content (AvgIpc) is 2.76. The van der Waals surface area contributed by atoms with E-state index in [9.17, 15) is 21.6 Å². The molecule has 34 heavy (non-hydrogen) atoms. The number of ether oxygens (including phenoxy) is 2. The van der Waals surface area contributed by atoms with E-state index in [1.807, 2.05) is 0 Å². The van der Waals surface area contributed by atoms with E-state index < -0.39 is 27.5 Å². The monoisotopic (exact) mass is 489 g/mol. The molecule has 0 aromatic heterocycles. The molecule has 1 aliphatic heterocycles. The zero-order valence-electron chi connectivity index (χ0n) is 18.7. The molecule has 1 atom stereocenters. The van der Waals surface area contributed by atoms with Crippen LogP contribution in [0.5, 0.6) is 11.5 Å². The van der Waals surface area contributed by atoms with E-state index in [-0.39, 0.29) is 11.3 Å². The highest BCUT2D eigenvalue weighted by Crippen LogP contribution is 2.52. The summed E-state index contributed by atoms with van der Waals surface area (Å²) in [5.41, 5.74) is -0.435. The van der Waals surface area contributed by atoms with Gasteiger partial charge in [0, 0.05) is 11.1 Å². The van der Waals surface area contributed by atoms with Crippen LogP contribution in [0.25, 0.3) is 16.7 Å². The summed E-state index contributed by atoms with van der Waals surface area (Å²) in [6, 6.07) is 14.7. The first kappa shape index (κ1) is 23.8. The zero-order valence-corrected chi connectivity index (χ0v) is 19.5. The number of halogens is 3. The van der Waals surface area contributed by atoms with Gasteiger partial charge in [-0.2, -0.15) is 17.9 Å². The summed E-state index contributed by atoms with van der Waals surface area (Å²) >= 11 is 0. The fourth-order valence-electron chi connectivity index (χ4n) is 4.25. The van der Waals surface area contributed by atoms with Gasteiger partial charge in [-0.1, -0.05) is 48.6 Å². The van der Waals surface area contributed by atoms with Crippen LogP contribution < -0.4 is 14.2 Å². The summed E-state index contributed by atoms with van der Waals surface area (Å²) in [5.74, 6) is 0.717. The highest BCUT2D eigenvalue weighted by atomic mass is 32.2. The van der Waals surface area contributed by atoms with Crippen LogP contribution in [0.15, 0.2) is 67.2 Å². The number of fused-ring (bicyclic) bond motifs is 3. The molecule has 178 valence electrons. The van der Waals surface area contributed by atoms with Gasteiger partial charge in [0.25, 0.3) is 0 Å². The molecule has 5 nitrogen and oxygen atoms in total. The van der Waals surface area contributed by atoms with Gasteiger partial charge in [-0.25, -0.2) is 8.42 Å². The Labute approximate surface area is 195 Å². The quantitative estimate of drug-likeness (QED) is 0.510. The lowest BCUT2D eigenvalue weighted by Crippen LogP contribution is -2.53. The Balaban J connectivity index is 2.17. The largest absolute Gasteiger partial charge is 0.496 e. The molecule has 0 bridgehead atoms. The predicted molar refractivity (Wildman–Crippen MR) is 124 cm³/mol. The Morgan fingerprint density at radius 2 is 1.76 bits per heavy atom. The van der Waals surface area contributed by atoms with Crippen LogP contribution >= 0.6 is 0 Å². The molecular weight excluding hydrogens is 467 g/mol. The standard InChI is InChI=1S/C25H22F3NO4S/c1-15(2)18-10-6-11-19-22-20(32-3)12-7-13-21(22)33-24(23(18)19,29-34(4,30)31)16-8-5-9-17(14-16)25(26,27)28/h5-14,29H,1H2,2-4H3. The third kappa shape index (κ3) is 4.05. The second kappa shape index (κ2) is 8.18. The number of allylic oxidation sites excluding steroid dienone is 1. The van der Waals surface area contributed by atoms with Crippen LogP contribution in [0.2, 0.25) is 0 Å². The van der Waals surface area contributed by atoms with Crippen molar-refractivity contribution in [3.63, 3.8) is 0 Å². The summed E-state index contributed by atoms with van der Waals surface area (Å²) < 4.78 is 80.5. The summed E-state index contributed by atoms with van der Waals surface area (Å²) in [7, 11) is -2.51. The molecule has 9 heteroatoms. The number of sulfonamides is 1. The molecule has 1 unspecified atom stereocenters. The van der Waals surface area contributed by atoms with Gasteiger partial charge in [-0.15, -0.1) is 0 Å². The average molecular weight is 490 g/mol. The molecular formula is C25H22F3NO4S. The normalized spacial score (nSPS) is 17.4. The van der Waals surface area contributed by atoms with Crippen LogP contribution in [0.3, 0.4) is 0 Å². The van der Waals surface area contributed by atoms with E-state index in [1.54, 1.807) is 43.3 Å². The SMILES string of the molecule is C=C(C)c1cccc2c1C(NS(C)(=O)=O)(c1cccc(C(F)(F)F)c1)Oc1cccc(OC)c1-2. The molecule has 1 aliphatic rings. The minimum Gasteiger partial charge on any atom is -0.496 e. The molecule has 1 heterocycles. The maximum atomic E-state index is 13.6. The molecule has 0 radical (unpaired) electrons. The summed E-state index contributed by atoms with van der Waals surface area (Å²) in [6.07, 6.45) is -3.72. The molecule has 3 aromatic rings. The minimum atomic E-state index is -4.64. The number of nitrogens with one attached hydrogen (secondary N) is 1. The fraction of sp³-hybridized carbons (Fsp3) is 0.200. The third-order valence-corrected chi connectivity index (χ3v) is 6.20. The van der Waals surface area contributed by atoms with Crippen LogP contribution in [0.1, 0.15) is 29.2 Å². The number of hydrogen-bond donors (Lipinski definition) is 1. The molecule has 4 rings (SSSR count). The second-order valence-corrected chi connectivity index (χ2v) is 9.83. The van der Waals surface area contributed by atoms with E-state index >= 15 is 0 Å². The minimum absolute atomic E-state index is 0.0313. The van der Waals surface area contributed by atoms with Crippen LogP contribution in [-0.4, -0.2) is 21.8 Å². The maximum Gasteiger partial charge on any atom is 0.416 e. The van der Waals surface area contributed by atoms with Crippen molar-refractivity contribution in [3.05, 3.63) is 89.5 Å². The number of methoxy groups -OCH3 is 1. The Kier molecular flexibility index (Phi) is 5.73. The molecule has 0 saturated carbocycles. The predicted octanol–water partition coefficient (Wildman–Crippen LogP) is 5.56. The van der Waals surface area contributed by atoms with Crippen LogP contribution in [0.4, 0.5) is 13.2 Å². The van der Waals surface area contributed by atoms with Crippen molar-refractivity contribution in [1.29, 1.82) is 0 Å². The molecule has 3 aromatic carbocycles. The Bertz CT molecular complexity index is 1400. The van der Waals surface area contributed by atoms with Gasteiger partial charge in [0.1, 0.15) is 11.5 Å². The van der Waals surface area contributed by atoms with Gasteiger partial charge in [-0.3, -0.25) is 0 Å². The molecule has 0 aliphatic carbocycles. The molecule has 0 spiro atoms. The van der Waals surface area contributed by atoms with Gasteiger partial charge >= 0.3 is 6.18 Å². The van der Waals surface area contributed by atoms with Crippen molar-refractivity contribution in [2.24, 2.45) is 0 Å². The van der Waals surface area contributed by atoms with Crippen molar-refractivity contribution in [2.45, 2.75) is 18.8 Å². The summed E-state index contributed by atoms with van der Waals surface area (Å²) in [5, 5.41) is 0. The van der Waals surface area contributed by atoms with Crippen molar-refractivity contribution < 1.29 is 31.1 Å². The molecule has 0 amide bonds. The highest BCUT2D eigenvalue weighted by molar-refractivity contribution is 7.88. The van der Waals surface area contributed by atoms with Crippen molar-refractivity contribution in [1.82, 2.24) is 4.72 Å². The summed E-state index contributed by atoms with van der Waals surface area (Å²) in [6.45, 7) is 5.73. The summed E-state index contributed by atoms with van der Waals surface area (Å²) in [4.78, 5) is 0. The first-order chi connectivity index (χ1) is 15.9. The number of hydrogen-bond acceptors (Lipinski definition) is 4. The van der Waals surface area contributed by atoms with E-state index in [2.05, 4.69) is 11.3 Å². The topological polar surface area (TPSA) is 64.6 Å². The Morgan fingerprint density at radius 1 is 1.09 bits per heavy atom. The Hall–Kier alpha value is -3.30. The zero-order chi connectivity index (χ0) is 24.9. The molecule has 0 saturated heterocycles. The van der Waals surface area contributed by atoms with Crippen LogP contribution in [0, 0.1) is 0 Å². The number of benzene rings is 3. The van der Waals surface area contributed by atoms with Crippen LogP contribution in [-0.2, 0) is 21.9 Å². The smallest absolute Gasteiger partial charge is 0.416 e. The lowest BCUT2D eigenvalue weighted by molar-refractivity contribution is -0.137. The second-order valence-electron chi connectivity index (χ2n) is 8.08. The van der Waals surface area contributed by atoms with E-state index in [0.29, 0.717) is 33.6 Å². The van der Waals surface area contributed by atoms with Gasteiger partial charge in [0.2, 0.25) is 15.7 Å². The lowest BCUT2D eigenvalue weighted by Gasteiger charge is -2.42. The fourth-order valence-corrected chi connectivity index (χ4v) is 5.04. The van der Waals surface area contributed by atoms with Crippen molar-refractivity contribution >= 4 is 15.6 Å². The number of rotatable bonds is 5. The number of alkyl halides is 3. The Morgan fingerprint density at radius 3 is 2.38 bits per heavy atom. The van der Waals surface area contributed by atoms with Crippen molar-refractivity contribution in [2.75, 3.05) is 13.4 Å². The molecule has 0 fully saturated rings. The van der Waals surface area contributed by atoms with Gasteiger partial charge < -0.3 is 9.47 Å². The lowest BCUT2D eigenvalue weighted by atomic mass is 9.80. The maximum absolute atomic E-state index is 13.6. The van der Waals surface area contributed by atoms with E-state index in [0.717, 1.165) is 18.4 Å². The first-order valence-electron chi connectivity index (χ1n) is 10.2. The van der Waals surface area contributed by atoms with Crippen molar-refractivity contribution in [3.8, 4) is 22.6 Å².